The fourth-order valence-electron chi connectivity index (χ4n) is 2.14. The fraction of sp³-hybridized carbons (Fsp3) is 0.333. The molecule has 98 valence electrons. The first-order chi connectivity index (χ1) is 9.17. The summed E-state index contributed by atoms with van der Waals surface area (Å²) in [4.78, 5) is 4.34. The molecule has 0 fully saturated rings. The number of hydrogen-bond donors (Lipinski definition) is 1. The van der Waals surface area contributed by atoms with Gasteiger partial charge in [0.05, 0.1) is 23.4 Å². The molecule has 2 aromatic rings. The highest BCUT2D eigenvalue weighted by atomic mass is 16.3. The number of nitrogens with zero attached hydrogens (tertiary/aromatic N) is 3. The Labute approximate surface area is 113 Å². The monoisotopic (exact) mass is 255 g/mol. The van der Waals surface area contributed by atoms with Crippen molar-refractivity contribution in [2.45, 2.75) is 32.8 Å². The molecule has 0 spiro atoms. The normalized spacial score (nSPS) is 12.1. The summed E-state index contributed by atoms with van der Waals surface area (Å²) >= 11 is 0. The molecule has 0 unspecified atom stereocenters. The van der Waals surface area contributed by atoms with Gasteiger partial charge in [0.2, 0.25) is 0 Å². The molecule has 1 atom stereocenters. The number of rotatable bonds is 4. The first kappa shape index (κ1) is 13.3. The van der Waals surface area contributed by atoms with E-state index in [1.807, 2.05) is 10.8 Å². The SMILES string of the molecule is CCCc1nccn1-c1cc(C#N)ccc1[C@@H](C)O. The maximum atomic E-state index is 9.87. The van der Waals surface area contributed by atoms with Crippen molar-refractivity contribution in [1.82, 2.24) is 9.55 Å². The van der Waals surface area contributed by atoms with Gasteiger partial charge in [-0.2, -0.15) is 5.26 Å². The summed E-state index contributed by atoms with van der Waals surface area (Å²) in [6.45, 7) is 3.82. The van der Waals surface area contributed by atoms with E-state index in [4.69, 9.17) is 5.26 Å². The fourth-order valence-corrected chi connectivity index (χ4v) is 2.14. The van der Waals surface area contributed by atoms with E-state index in [2.05, 4.69) is 18.0 Å². The number of aryl methyl sites for hydroxylation is 1. The molecule has 0 aliphatic carbocycles. The van der Waals surface area contributed by atoms with Gasteiger partial charge in [-0.05, 0) is 25.5 Å². The summed E-state index contributed by atoms with van der Waals surface area (Å²) in [5, 5.41) is 18.9. The zero-order valence-electron chi connectivity index (χ0n) is 11.2. The van der Waals surface area contributed by atoms with Gasteiger partial charge < -0.3 is 9.67 Å². The van der Waals surface area contributed by atoms with Gasteiger partial charge in [0.1, 0.15) is 5.82 Å². The molecule has 0 saturated heterocycles. The number of benzene rings is 1. The minimum atomic E-state index is -0.584. The van der Waals surface area contributed by atoms with Gasteiger partial charge >= 0.3 is 0 Å². The van der Waals surface area contributed by atoms with Crippen LogP contribution in [0, 0.1) is 11.3 Å². The summed E-state index contributed by atoms with van der Waals surface area (Å²) in [6, 6.07) is 7.45. The van der Waals surface area contributed by atoms with E-state index in [-0.39, 0.29) is 0 Å². The van der Waals surface area contributed by atoms with Crippen LogP contribution in [0.4, 0.5) is 0 Å². The molecule has 0 radical (unpaired) electrons. The van der Waals surface area contributed by atoms with Crippen molar-refractivity contribution in [2.75, 3.05) is 0 Å². The van der Waals surface area contributed by atoms with E-state index in [1.165, 1.54) is 0 Å². The summed E-state index contributed by atoms with van der Waals surface area (Å²) in [7, 11) is 0. The van der Waals surface area contributed by atoms with Gasteiger partial charge in [0, 0.05) is 24.4 Å². The molecule has 4 heteroatoms. The topological polar surface area (TPSA) is 61.8 Å². The van der Waals surface area contributed by atoms with Crippen LogP contribution in [0.5, 0.6) is 0 Å². The minimum Gasteiger partial charge on any atom is -0.389 e. The lowest BCUT2D eigenvalue weighted by molar-refractivity contribution is 0.199. The largest absolute Gasteiger partial charge is 0.389 e. The number of hydrogen-bond acceptors (Lipinski definition) is 3. The summed E-state index contributed by atoms with van der Waals surface area (Å²) in [6.07, 6.45) is 4.89. The van der Waals surface area contributed by atoms with Crippen molar-refractivity contribution in [2.24, 2.45) is 0 Å². The van der Waals surface area contributed by atoms with Crippen molar-refractivity contribution in [3.8, 4) is 11.8 Å². The average molecular weight is 255 g/mol. The number of aliphatic hydroxyl groups excluding tert-OH is 1. The first-order valence-electron chi connectivity index (χ1n) is 6.42. The second kappa shape index (κ2) is 5.68. The molecule has 1 N–H and O–H groups in total. The van der Waals surface area contributed by atoms with Gasteiger partial charge in [0.25, 0.3) is 0 Å². The van der Waals surface area contributed by atoms with E-state index in [1.54, 1.807) is 31.3 Å². The third-order valence-corrected chi connectivity index (χ3v) is 3.06. The lowest BCUT2D eigenvalue weighted by Crippen LogP contribution is -2.06. The summed E-state index contributed by atoms with van der Waals surface area (Å²) in [5.74, 6) is 0.944. The molecule has 0 bridgehead atoms. The Morgan fingerprint density at radius 3 is 2.89 bits per heavy atom. The van der Waals surface area contributed by atoms with Gasteiger partial charge in [-0.1, -0.05) is 13.0 Å². The Kier molecular flexibility index (Phi) is 3.98. The Morgan fingerprint density at radius 1 is 1.47 bits per heavy atom. The van der Waals surface area contributed by atoms with Crippen LogP contribution in [-0.2, 0) is 6.42 Å². The maximum Gasteiger partial charge on any atom is 0.113 e. The first-order valence-corrected chi connectivity index (χ1v) is 6.42. The second-order valence-electron chi connectivity index (χ2n) is 4.52. The summed E-state index contributed by atoms with van der Waals surface area (Å²) < 4.78 is 1.95. The molecular weight excluding hydrogens is 238 g/mol. The second-order valence-corrected chi connectivity index (χ2v) is 4.52. The third kappa shape index (κ3) is 2.67. The van der Waals surface area contributed by atoms with Crippen LogP contribution in [0.3, 0.4) is 0 Å². The van der Waals surface area contributed by atoms with E-state index in [0.29, 0.717) is 5.56 Å². The number of aromatic nitrogens is 2. The highest BCUT2D eigenvalue weighted by molar-refractivity contribution is 5.49. The Balaban J connectivity index is 2.59. The van der Waals surface area contributed by atoms with E-state index in [0.717, 1.165) is 29.9 Å². The Morgan fingerprint density at radius 2 is 2.26 bits per heavy atom. The standard InChI is InChI=1S/C15H17N3O/c1-3-4-15-17-7-8-18(15)14-9-12(10-16)5-6-13(14)11(2)19/h5-9,11,19H,3-4H2,1-2H3/t11-/m1/s1. The van der Waals surface area contributed by atoms with Crippen molar-refractivity contribution < 1.29 is 5.11 Å². The van der Waals surface area contributed by atoms with E-state index < -0.39 is 6.10 Å². The third-order valence-electron chi connectivity index (χ3n) is 3.06. The lowest BCUT2D eigenvalue weighted by atomic mass is 10.0. The minimum absolute atomic E-state index is 0.579. The molecule has 0 amide bonds. The maximum absolute atomic E-state index is 9.87. The zero-order chi connectivity index (χ0) is 13.8. The zero-order valence-corrected chi connectivity index (χ0v) is 11.2. The molecule has 19 heavy (non-hydrogen) atoms. The molecule has 0 saturated carbocycles. The van der Waals surface area contributed by atoms with E-state index in [9.17, 15) is 5.11 Å². The molecule has 1 heterocycles. The van der Waals surface area contributed by atoms with Gasteiger partial charge in [0.15, 0.2) is 0 Å². The molecule has 2 rings (SSSR count). The smallest absolute Gasteiger partial charge is 0.113 e. The van der Waals surface area contributed by atoms with Gasteiger partial charge in [-0.25, -0.2) is 4.98 Å². The highest BCUT2D eigenvalue weighted by Crippen LogP contribution is 2.24. The molecule has 1 aromatic heterocycles. The van der Waals surface area contributed by atoms with Crippen LogP contribution in [0.15, 0.2) is 30.6 Å². The van der Waals surface area contributed by atoms with Crippen LogP contribution in [0.25, 0.3) is 5.69 Å². The van der Waals surface area contributed by atoms with Crippen LogP contribution in [0.1, 0.15) is 43.3 Å². The molecule has 4 nitrogen and oxygen atoms in total. The Bertz CT molecular complexity index is 608. The average Bonchev–Trinajstić information content (AvgIpc) is 2.86. The van der Waals surface area contributed by atoms with Gasteiger partial charge in [-0.15, -0.1) is 0 Å². The van der Waals surface area contributed by atoms with Gasteiger partial charge in [-0.3, -0.25) is 0 Å². The number of imidazole rings is 1. The quantitative estimate of drug-likeness (QED) is 0.913. The predicted molar refractivity (Wildman–Crippen MR) is 72.9 cm³/mol. The number of nitriles is 1. The van der Waals surface area contributed by atoms with Crippen molar-refractivity contribution >= 4 is 0 Å². The van der Waals surface area contributed by atoms with Crippen LogP contribution < -0.4 is 0 Å². The Hall–Kier alpha value is -2.12. The lowest BCUT2D eigenvalue weighted by Gasteiger charge is -2.15. The highest BCUT2D eigenvalue weighted by Gasteiger charge is 2.13. The van der Waals surface area contributed by atoms with Crippen molar-refractivity contribution in [3.63, 3.8) is 0 Å². The number of aliphatic hydroxyl groups is 1. The van der Waals surface area contributed by atoms with Crippen molar-refractivity contribution in [1.29, 1.82) is 5.26 Å². The van der Waals surface area contributed by atoms with Crippen LogP contribution in [-0.4, -0.2) is 14.7 Å². The van der Waals surface area contributed by atoms with Crippen molar-refractivity contribution in [3.05, 3.63) is 47.5 Å². The van der Waals surface area contributed by atoms with E-state index >= 15 is 0 Å². The predicted octanol–water partition coefficient (Wildman–Crippen LogP) is 2.75. The molecule has 0 aliphatic rings. The molecule has 0 aliphatic heterocycles. The van der Waals surface area contributed by atoms with Crippen LogP contribution in [0.2, 0.25) is 0 Å². The van der Waals surface area contributed by atoms with Crippen LogP contribution >= 0.6 is 0 Å². The molecular formula is C15H17N3O. The summed E-state index contributed by atoms with van der Waals surface area (Å²) in [5.41, 5.74) is 2.21. The molecule has 1 aromatic carbocycles.